The standard InChI is InChI=1S/C25H26N2OS/c1-25(2,3)29-23-17-27(22-8-6-5-7-21(22)23)16-18-9-11-19(12-10-18)20-13-14-24(28-4)26-15-20/h5-15,17H,16H2,1-4H3. The maximum absolute atomic E-state index is 5.14. The van der Waals surface area contributed by atoms with Gasteiger partial charge in [-0.25, -0.2) is 4.98 Å². The van der Waals surface area contributed by atoms with Gasteiger partial charge in [0, 0.05) is 51.1 Å². The van der Waals surface area contributed by atoms with Crippen molar-refractivity contribution in [3.05, 3.63) is 78.6 Å². The normalized spacial score (nSPS) is 11.7. The highest BCUT2D eigenvalue weighted by Crippen LogP contribution is 2.38. The van der Waals surface area contributed by atoms with Crippen LogP contribution in [0.15, 0.2) is 78.0 Å². The summed E-state index contributed by atoms with van der Waals surface area (Å²) in [7, 11) is 1.63. The smallest absolute Gasteiger partial charge is 0.212 e. The largest absolute Gasteiger partial charge is 0.481 e. The zero-order valence-electron chi connectivity index (χ0n) is 17.3. The predicted octanol–water partition coefficient (Wildman–Crippen LogP) is 6.65. The average Bonchev–Trinajstić information content (AvgIpc) is 3.04. The predicted molar refractivity (Wildman–Crippen MR) is 123 cm³/mol. The highest BCUT2D eigenvalue weighted by atomic mass is 32.2. The van der Waals surface area contributed by atoms with Gasteiger partial charge in [0.2, 0.25) is 5.88 Å². The van der Waals surface area contributed by atoms with E-state index in [1.54, 1.807) is 7.11 Å². The minimum Gasteiger partial charge on any atom is -0.481 e. The Hall–Kier alpha value is -2.72. The van der Waals surface area contributed by atoms with E-state index in [-0.39, 0.29) is 4.75 Å². The average molecular weight is 403 g/mol. The molecule has 0 aliphatic rings. The van der Waals surface area contributed by atoms with Crippen LogP contribution in [0.5, 0.6) is 5.88 Å². The molecular formula is C25H26N2OS. The van der Waals surface area contributed by atoms with Crippen LogP contribution < -0.4 is 4.74 Å². The third kappa shape index (κ3) is 4.48. The van der Waals surface area contributed by atoms with E-state index in [0.717, 1.165) is 17.7 Å². The Morgan fingerprint density at radius 3 is 2.31 bits per heavy atom. The Balaban J connectivity index is 1.60. The molecule has 0 saturated carbocycles. The van der Waals surface area contributed by atoms with E-state index in [1.165, 1.54) is 21.4 Å². The molecule has 4 rings (SSSR count). The number of hydrogen-bond donors (Lipinski definition) is 0. The molecule has 0 amide bonds. The molecule has 0 radical (unpaired) electrons. The number of methoxy groups -OCH3 is 1. The first kappa shape index (κ1) is 19.6. The van der Waals surface area contributed by atoms with Crippen LogP contribution >= 0.6 is 11.8 Å². The van der Waals surface area contributed by atoms with E-state index in [1.807, 2.05) is 30.1 Å². The third-order valence-corrected chi connectivity index (χ3v) is 5.91. The highest BCUT2D eigenvalue weighted by molar-refractivity contribution is 8.00. The van der Waals surface area contributed by atoms with Crippen molar-refractivity contribution in [1.29, 1.82) is 0 Å². The maximum Gasteiger partial charge on any atom is 0.212 e. The topological polar surface area (TPSA) is 27.1 Å². The lowest BCUT2D eigenvalue weighted by Gasteiger charge is -2.16. The molecule has 4 aromatic rings. The Bertz CT molecular complexity index is 1110. The summed E-state index contributed by atoms with van der Waals surface area (Å²) in [5, 5.41) is 1.33. The van der Waals surface area contributed by atoms with Gasteiger partial charge in [-0.1, -0.05) is 63.2 Å². The van der Waals surface area contributed by atoms with Crippen LogP contribution in [0.3, 0.4) is 0 Å². The van der Waals surface area contributed by atoms with E-state index in [0.29, 0.717) is 5.88 Å². The van der Waals surface area contributed by atoms with Gasteiger partial charge in [0.1, 0.15) is 0 Å². The molecule has 4 heteroatoms. The molecule has 29 heavy (non-hydrogen) atoms. The molecule has 0 N–H and O–H groups in total. The number of thioether (sulfide) groups is 1. The molecule has 0 unspecified atom stereocenters. The van der Waals surface area contributed by atoms with Crippen LogP contribution in [0.1, 0.15) is 26.3 Å². The molecule has 0 fully saturated rings. The molecule has 0 aliphatic carbocycles. The molecule has 2 aromatic carbocycles. The van der Waals surface area contributed by atoms with E-state index >= 15 is 0 Å². The number of pyridine rings is 1. The number of hydrogen-bond acceptors (Lipinski definition) is 3. The SMILES string of the molecule is COc1ccc(-c2ccc(Cn3cc(SC(C)(C)C)c4ccccc43)cc2)cn1. The van der Waals surface area contributed by atoms with Crippen molar-refractivity contribution in [2.24, 2.45) is 0 Å². The number of ether oxygens (including phenoxy) is 1. The van der Waals surface area contributed by atoms with Gasteiger partial charge in [0.15, 0.2) is 0 Å². The van der Waals surface area contributed by atoms with Crippen molar-refractivity contribution in [2.75, 3.05) is 7.11 Å². The molecule has 3 nitrogen and oxygen atoms in total. The molecule has 0 bridgehead atoms. The van der Waals surface area contributed by atoms with Crippen molar-refractivity contribution >= 4 is 22.7 Å². The molecular weight excluding hydrogens is 376 g/mol. The fraction of sp³-hybridized carbons (Fsp3) is 0.240. The first-order valence-electron chi connectivity index (χ1n) is 9.79. The van der Waals surface area contributed by atoms with Crippen LogP contribution in [-0.4, -0.2) is 21.4 Å². The Morgan fingerprint density at radius 1 is 0.931 bits per heavy atom. The first-order valence-corrected chi connectivity index (χ1v) is 10.6. The third-order valence-electron chi connectivity index (χ3n) is 4.75. The fourth-order valence-electron chi connectivity index (χ4n) is 3.43. The van der Waals surface area contributed by atoms with Crippen molar-refractivity contribution in [3.8, 4) is 17.0 Å². The summed E-state index contributed by atoms with van der Waals surface area (Å²) in [6, 6.07) is 21.3. The molecule has 148 valence electrons. The van der Waals surface area contributed by atoms with Gasteiger partial charge in [-0.3, -0.25) is 0 Å². The molecule has 0 spiro atoms. The monoisotopic (exact) mass is 402 g/mol. The second-order valence-electron chi connectivity index (χ2n) is 8.14. The van der Waals surface area contributed by atoms with Gasteiger partial charge in [-0.15, -0.1) is 11.8 Å². The van der Waals surface area contributed by atoms with E-state index in [2.05, 4.69) is 85.1 Å². The lowest BCUT2D eigenvalue weighted by Crippen LogP contribution is -2.06. The van der Waals surface area contributed by atoms with Crippen LogP contribution in [-0.2, 0) is 6.54 Å². The molecule has 2 heterocycles. The Labute approximate surface area is 176 Å². The maximum atomic E-state index is 5.14. The summed E-state index contributed by atoms with van der Waals surface area (Å²) >= 11 is 1.93. The van der Waals surface area contributed by atoms with Crippen LogP contribution in [0.25, 0.3) is 22.0 Å². The number of rotatable bonds is 5. The van der Waals surface area contributed by atoms with Gasteiger partial charge in [-0.05, 0) is 23.3 Å². The van der Waals surface area contributed by atoms with Gasteiger partial charge >= 0.3 is 0 Å². The quantitative estimate of drug-likeness (QED) is 0.350. The second kappa shape index (κ2) is 7.96. The van der Waals surface area contributed by atoms with Crippen molar-refractivity contribution < 1.29 is 4.74 Å². The van der Waals surface area contributed by atoms with Gasteiger partial charge in [0.25, 0.3) is 0 Å². The minimum atomic E-state index is 0.184. The van der Waals surface area contributed by atoms with Crippen LogP contribution in [0.2, 0.25) is 0 Å². The fourth-order valence-corrected chi connectivity index (χ4v) is 4.55. The van der Waals surface area contributed by atoms with Crippen LogP contribution in [0, 0.1) is 0 Å². The van der Waals surface area contributed by atoms with Gasteiger partial charge in [-0.2, -0.15) is 0 Å². The Morgan fingerprint density at radius 2 is 1.66 bits per heavy atom. The van der Waals surface area contributed by atoms with Crippen LogP contribution in [0.4, 0.5) is 0 Å². The zero-order chi connectivity index (χ0) is 20.4. The molecule has 0 aliphatic heterocycles. The van der Waals surface area contributed by atoms with Crippen molar-refractivity contribution in [2.45, 2.75) is 37.0 Å². The van der Waals surface area contributed by atoms with Gasteiger partial charge in [0.05, 0.1) is 7.11 Å². The number of para-hydroxylation sites is 1. The number of nitrogens with zero attached hydrogens (tertiary/aromatic N) is 2. The number of fused-ring (bicyclic) bond motifs is 1. The Kier molecular flexibility index (Phi) is 5.37. The minimum absolute atomic E-state index is 0.184. The van der Waals surface area contributed by atoms with E-state index in [4.69, 9.17) is 4.74 Å². The summed E-state index contributed by atoms with van der Waals surface area (Å²) in [6.07, 6.45) is 4.14. The summed E-state index contributed by atoms with van der Waals surface area (Å²) in [5.74, 6) is 0.633. The lowest BCUT2D eigenvalue weighted by molar-refractivity contribution is 0.398. The summed E-state index contributed by atoms with van der Waals surface area (Å²) < 4.78 is 7.68. The summed E-state index contributed by atoms with van der Waals surface area (Å²) in [4.78, 5) is 5.64. The number of aromatic nitrogens is 2. The number of benzene rings is 2. The van der Waals surface area contributed by atoms with Crippen molar-refractivity contribution in [1.82, 2.24) is 9.55 Å². The summed E-state index contributed by atoms with van der Waals surface area (Å²) in [5.41, 5.74) is 4.81. The summed E-state index contributed by atoms with van der Waals surface area (Å²) in [6.45, 7) is 7.63. The first-order chi connectivity index (χ1) is 13.9. The highest BCUT2D eigenvalue weighted by Gasteiger charge is 2.17. The van der Waals surface area contributed by atoms with Crippen molar-refractivity contribution in [3.63, 3.8) is 0 Å². The lowest BCUT2D eigenvalue weighted by atomic mass is 10.1. The van der Waals surface area contributed by atoms with Gasteiger partial charge < -0.3 is 9.30 Å². The zero-order valence-corrected chi connectivity index (χ0v) is 18.2. The molecule has 0 atom stereocenters. The van der Waals surface area contributed by atoms with E-state index in [9.17, 15) is 0 Å². The van der Waals surface area contributed by atoms with E-state index < -0.39 is 0 Å². The molecule has 2 aromatic heterocycles. The molecule has 0 saturated heterocycles. The second-order valence-corrected chi connectivity index (χ2v) is 10.0.